The Bertz CT molecular complexity index is 897. The van der Waals surface area contributed by atoms with Crippen LogP contribution in [0.5, 0.6) is 0 Å². The van der Waals surface area contributed by atoms with Gasteiger partial charge in [0, 0.05) is 18.2 Å². The van der Waals surface area contributed by atoms with E-state index in [-0.39, 0.29) is 29.4 Å². The van der Waals surface area contributed by atoms with Gasteiger partial charge in [0.2, 0.25) is 5.91 Å². The number of hydrogen-bond acceptors (Lipinski definition) is 6. The van der Waals surface area contributed by atoms with Crippen LogP contribution in [0.2, 0.25) is 0 Å². The molecule has 29 heavy (non-hydrogen) atoms. The van der Waals surface area contributed by atoms with Crippen LogP contribution in [0.3, 0.4) is 0 Å². The summed E-state index contributed by atoms with van der Waals surface area (Å²) >= 11 is 1.30. The number of thioether (sulfide) groups is 1. The normalized spacial score (nSPS) is 21.6. The minimum atomic E-state index is -1.30. The van der Waals surface area contributed by atoms with Crippen molar-refractivity contribution in [2.45, 2.75) is 30.9 Å². The Balaban J connectivity index is 1.76. The number of carboxylic acids is 1. The summed E-state index contributed by atoms with van der Waals surface area (Å²) in [5, 5.41) is 11.8. The molecule has 2 N–H and O–H groups in total. The maximum atomic E-state index is 12.6. The average Bonchev–Trinajstić information content (AvgIpc) is 2.69. The molecule has 1 aromatic carbocycles. The zero-order chi connectivity index (χ0) is 21.1. The summed E-state index contributed by atoms with van der Waals surface area (Å²) in [6.07, 6.45) is 0.510. The Morgan fingerprint density at radius 1 is 1.38 bits per heavy atom. The molecule has 2 amide bonds. The molecule has 0 aromatic heterocycles. The molecule has 2 aliphatic rings. The van der Waals surface area contributed by atoms with E-state index in [9.17, 15) is 24.3 Å². The lowest BCUT2D eigenvalue weighted by Gasteiger charge is -2.49. The summed E-state index contributed by atoms with van der Waals surface area (Å²) in [6.45, 7) is 4.80. The molecular formula is C20H20N2O6S. The maximum absolute atomic E-state index is 12.6. The van der Waals surface area contributed by atoms with Crippen LogP contribution in [0.4, 0.5) is 0 Å². The number of hydrogen-bond donors (Lipinski definition) is 2. The van der Waals surface area contributed by atoms with Gasteiger partial charge < -0.3 is 15.2 Å². The zero-order valence-electron chi connectivity index (χ0n) is 15.7. The molecular weight excluding hydrogens is 396 g/mol. The van der Waals surface area contributed by atoms with Crippen LogP contribution in [0.25, 0.3) is 0 Å². The number of ether oxygens (including phenoxy) is 1. The van der Waals surface area contributed by atoms with Crippen molar-refractivity contribution in [3.63, 3.8) is 0 Å². The van der Waals surface area contributed by atoms with Crippen molar-refractivity contribution in [3.8, 4) is 0 Å². The lowest BCUT2D eigenvalue weighted by molar-refractivity contribution is -0.151. The van der Waals surface area contributed by atoms with E-state index in [1.807, 2.05) is 30.3 Å². The highest BCUT2D eigenvalue weighted by atomic mass is 32.2. The van der Waals surface area contributed by atoms with Gasteiger partial charge in [0.25, 0.3) is 5.91 Å². The molecule has 0 aliphatic carbocycles. The summed E-state index contributed by atoms with van der Waals surface area (Å²) in [4.78, 5) is 49.2. The summed E-state index contributed by atoms with van der Waals surface area (Å²) in [7, 11) is 0. The highest BCUT2D eigenvalue weighted by Gasteiger charge is 2.54. The number of carboxylic acid groups (broad SMARTS) is 1. The van der Waals surface area contributed by atoms with Gasteiger partial charge in [0.15, 0.2) is 0 Å². The first kappa shape index (κ1) is 20.7. The van der Waals surface area contributed by atoms with E-state index < -0.39 is 35.4 Å². The number of fused-ring (bicyclic) bond motifs is 1. The van der Waals surface area contributed by atoms with Crippen molar-refractivity contribution in [2.75, 3.05) is 5.75 Å². The molecule has 3 rings (SSSR count). The second-order valence-electron chi connectivity index (χ2n) is 6.56. The van der Waals surface area contributed by atoms with Crippen LogP contribution in [-0.4, -0.2) is 57.0 Å². The van der Waals surface area contributed by atoms with Gasteiger partial charge in [0.1, 0.15) is 23.2 Å². The third-order valence-corrected chi connectivity index (χ3v) is 5.88. The van der Waals surface area contributed by atoms with Gasteiger partial charge in [-0.2, -0.15) is 0 Å². The van der Waals surface area contributed by atoms with E-state index >= 15 is 0 Å². The van der Waals surface area contributed by atoms with E-state index in [0.29, 0.717) is 0 Å². The lowest BCUT2D eigenvalue weighted by atomic mass is 10.00. The Morgan fingerprint density at radius 2 is 2.07 bits per heavy atom. The largest absolute Gasteiger partial charge is 0.477 e. The number of carbonyl (C=O) groups is 4. The molecule has 1 unspecified atom stereocenters. The van der Waals surface area contributed by atoms with Gasteiger partial charge in [-0.3, -0.25) is 19.3 Å². The van der Waals surface area contributed by atoms with Gasteiger partial charge >= 0.3 is 11.9 Å². The zero-order valence-corrected chi connectivity index (χ0v) is 16.5. The molecule has 1 saturated heterocycles. The number of β-lactam (4-membered cyclic amide) rings is 1. The maximum Gasteiger partial charge on any atom is 0.352 e. The number of aliphatic carboxylic acids is 1. The fourth-order valence-corrected chi connectivity index (χ4v) is 4.69. The molecule has 2 aliphatic heterocycles. The molecule has 0 spiro atoms. The van der Waals surface area contributed by atoms with Crippen molar-refractivity contribution in [3.05, 3.63) is 59.8 Å². The van der Waals surface area contributed by atoms with Crippen LogP contribution >= 0.6 is 11.8 Å². The number of nitrogens with one attached hydrogen (secondary N) is 1. The van der Waals surface area contributed by atoms with Crippen molar-refractivity contribution in [1.29, 1.82) is 0 Å². The summed E-state index contributed by atoms with van der Waals surface area (Å²) < 4.78 is 5.12. The predicted molar refractivity (Wildman–Crippen MR) is 106 cm³/mol. The molecule has 3 atom stereocenters. The molecule has 1 fully saturated rings. The Kier molecular flexibility index (Phi) is 6.07. The monoisotopic (exact) mass is 416 g/mol. The molecule has 152 valence electrons. The second kappa shape index (κ2) is 8.52. The standard InChI is InChI=1S/C20H20N2O6S/c1-3-14(28-11(2)23)13-10-29-19-16(18(25)22(19)17(13)20(26)27)21-15(24)9-12-7-5-4-6-8-12/h3-8,14,16,19H,1,9-10H2,2H3,(H,21,24)(H,26,27)/t14?,16-,19+/m0/s1. The smallest absolute Gasteiger partial charge is 0.352 e. The Hall–Kier alpha value is -3.07. The Morgan fingerprint density at radius 3 is 2.66 bits per heavy atom. The highest BCUT2D eigenvalue weighted by molar-refractivity contribution is 8.00. The number of rotatable bonds is 7. The minimum Gasteiger partial charge on any atom is -0.477 e. The van der Waals surface area contributed by atoms with E-state index in [1.165, 1.54) is 24.8 Å². The number of esters is 1. The SMILES string of the molecule is C=CC(OC(C)=O)C1=C(C(=O)O)N2C(=O)[C@H](NC(=O)Cc3ccccc3)[C@H]2SC1. The van der Waals surface area contributed by atoms with Crippen molar-refractivity contribution in [2.24, 2.45) is 0 Å². The van der Waals surface area contributed by atoms with Crippen LogP contribution < -0.4 is 5.32 Å². The fourth-order valence-electron chi connectivity index (χ4n) is 3.31. The van der Waals surface area contributed by atoms with Crippen molar-refractivity contribution in [1.82, 2.24) is 10.2 Å². The lowest BCUT2D eigenvalue weighted by Crippen LogP contribution is -2.70. The first-order valence-electron chi connectivity index (χ1n) is 8.87. The number of carbonyl (C=O) groups excluding carboxylic acids is 3. The summed E-state index contributed by atoms with van der Waals surface area (Å²) in [5.74, 6) is -2.48. The molecule has 0 bridgehead atoms. The highest BCUT2D eigenvalue weighted by Crippen LogP contribution is 2.41. The molecule has 9 heteroatoms. The minimum absolute atomic E-state index is 0.125. The predicted octanol–water partition coefficient (Wildman–Crippen LogP) is 1.09. The van der Waals surface area contributed by atoms with E-state index in [4.69, 9.17) is 4.74 Å². The number of benzene rings is 1. The Labute approximate surface area is 171 Å². The molecule has 2 heterocycles. The van der Waals surface area contributed by atoms with E-state index in [2.05, 4.69) is 11.9 Å². The first-order valence-corrected chi connectivity index (χ1v) is 9.92. The van der Waals surface area contributed by atoms with E-state index in [0.717, 1.165) is 10.5 Å². The van der Waals surface area contributed by atoms with Gasteiger partial charge in [-0.25, -0.2) is 4.79 Å². The quantitative estimate of drug-likeness (QED) is 0.389. The van der Waals surface area contributed by atoms with Crippen LogP contribution in [0.15, 0.2) is 54.3 Å². The fraction of sp³-hybridized carbons (Fsp3) is 0.300. The topological polar surface area (TPSA) is 113 Å². The van der Waals surface area contributed by atoms with Gasteiger partial charge in [-0.05, 0) is 11.6 Å². The summed E-state index contributed by atoms with van der Waals surface area (Å²) in [6, 6.07) is 8.30. The van der Waals surface area contributed by atoms with Crippen LogP contribution in [0, 0.1) is 0 Å². The van der Waals surface area contributed by atoms with E-state index in [1.54, 1.807) is 0 Å². The van der Waals surface area contributed by atoms with Gasteiger partial charge in [-0.1, -0.05) is 36.9 Å². The molecule has 0 radical (unpaired) electrons. The molecule has 0 saturated carbocycles. The van der Waals surface area contributed by atoms with Gasteiger partial charge in [-0.15, -0.1) is 11.8 Å². The van der Waals surface area contributed by atoms with Crippen molar-refractivity contribution >= 4 is 35.5 Å². The van der Waals surface area contributed by atoms with Crippen LogP contribution in [0.1, 0.15) is 12.5 Å². The molecule has 8 nitrogen and oxygen atoms in total. The van der Waals surface area contributed by atoms with Crippen molar-refractivity contribution < 1.29 is 29.0 Å². The third kappa shape index (κ3) is 4.19. The van der Waals surface area contributed by atoms with Crippen LogP contribution in [-0.2, 0) is 30.3 Å². The molecule has 1 aromatic rings. The van der Waals surface area contributed by atoms with Gasteiger partial charge in [0.05, 0.1) is 6.42 Å². The third-order valence-electron chi connectivity index (χ3n) is 4.57. The number of nitrogens with zero attached hydrogens (tertiary/aromatic N) is 1. The second-order valence-corrected chi connectivity index (χ2v) is 7.67. The first-order chi connectivity index (χ1) is 13.8. The summed E-state index contributed by atoms with van der Waals surface area (Å²) in [5.41, 5.74) is 0.873. The average molecular weight is 416 g/mol. The number of amides is 2.